The van der Waals surface area contributed by atoms with Crippen LogP contribution in [0.15, 0.2) is 23.2 Å². The van der Waals surface area contributed by atoms with Gasteiger partial charge in [0.25, 0.3) is 0 Å². The largest absolute Gasteiger partial charge is 0.494 e. The molecule has 2 rings (SSSR count). The lowest BCUT2D eigenvalue weighted by Crippen LogP contribution is -2.39. The molecule has 0 bridgehead atoms. The van der Waals surface area contributed by atoms with Crippen LogP contribution in [0.1, 0.15) is 31.4 Å². The zero-order valence-electron chi connectivity index (χ0n) is 15.5. The molecule has 1 aromatic rings. The molecule has 1 atom stereocenters. The van der Waals surface area contributed by atoms with Crippen molar-refractivity contribution in [1.82, 2.24) is 10.2 Å². The minimum Gasteiger partial charge on any atom is -0.494 e. The molecule has 1 aliphatic rings. The van der Waals surface area contributed by atoms with Gasteiger partial charge in [-0.1, -0.05) is 12.1 Å². The Morgan fingerprint density at radius 1 is 1.33 bits per heavy atom. The number of rotatable bonds is 7. The first-order valence-electron chi connectivity index (χ1n) is 8.93. The second-order valence-electron chi connectivity index (χ2n) is 6.19. The van der Waals surface area contributed by atoms with Gasteiger partial charge in [0.2, 0.25) is 0 Å². The molecule has 0 radical (unpaired) electrons. The maximum atomic E-state index is 5.60. The van der Waals surface area contributed by atoms with Gasteiger partial charge in [-0.2, -0.15) is 0 Å². The van der Waals surface area contributed by atoms with Crippen molar-refractivity contribution >= 4 is 5.96 Å². The van der Waals surface area contributed by atoms with E-state index in [1.807, 2.05) is 27.0 Å². The van der Waals surface area contributed by atoms with Gasteiger partial charge in [0, 0.05) is 39.2 Å². The second-order valence-corrected chi connectivity index (χ2v) is 6.19. The van der Waals surface area contributed by atoms with Crippen molar-refractivity contribution in [2.45, 2.75) is 33.7 Å². The van der Waals surface area contributed by atoms with Crippen LogP contribution in [-0.2, 0) is 11.3 Å². The standard InChI is InChI=1S/C19H31N3O2/c1-5-23-14-17-9-10-22(13-17)19(20-4)21-12-16-7-8-18(24-6-2)15(3)11-16/h7-8,11,17H,5-6,9-10,12-14H2,1-4H3,(H,20,21). The summed E-state index contributed by atoms with van der Waals surface area (Å²) in [7, 11) is 1.85. The summed E-state index contributed by atoms with van der Waals surface area (Å²) in [6.07, 6.45) is 1.17. The van der Waals surface area contributed by atoms with Gasteiger partial charge in [-0.15, -0.1) is 0 Å². The molecule has 0 aromatic heterocycles. The molecule has 1 unspecified atom stereocenters. The number of likely N-dealkylation sites (tertiary alicyclic amines) is 1. The third kappa shape index (κ3) is 5.13. The van der Waals surface area contributed by atoms with Gasteiger partial charge >= 0.3 is 0 Å². The Bertz CT molecular complexity index is 545. The van der Waals surface area contributed by atoms with E-state index in [4.69, 9.17) is 9.47 Å². The number of hydrogen-bond donors (Lipinski definition) is 1. The highest BCUT2D eigenvalue weighted by molar-refractivity contribution is 5.80. The number of nitrogens with zero attached hydrogens (tertiary/aromatic N) is 2. The van der Waals surface area contributed by atoms with Gasteiger partial charge in [-0.25, -0.2) is 0 Å². The van der Waals surface area contributed by atoms with Crippen molar-refractivity contribution in [3.8, 4) is 5.75 Å². The minimum atomic E-state index is 0.608. The number of ether oxygens (including phenoxy) is 2. The first-order chi connectivity index (χ1) is 11.7. The van der Waals surface area contributed by atoms with Crippen molar-refractivity contribution in [3.05, 3.63) is 29.3 Å². The molecule has 1 aliphatic heterocycles. The van der Waals surface area contributed by atoms with Crippen molar-refractivity contribution in [2.75, 3.05) is 40.0 Å². The monoisotopic (exact) mass is 333 g/mol. The molecule has 1 aromatic carbocycles. The van der Waals surface area contributed by atoms with E-state index in [9.17, 15) is 0 Å². The Labute approximate surface area is 146 Å². The molecule has 1 fully saturated rings. The van der Waals surface area contributed by atoms with Gasteiger partial charge in [0.15, 0.2) is 5.96 Å². The number of guanidine groups is 1. The molecule has 0 amide bonds. The molecule has 0 aliphatic carbocycles. The summed E-state index contributed by atoms with van der Waals surface area (Å²) < 4.78 is 11.2. The molecule has 24 heavy (non-hydrogen) atoms. The summed E-state index contributed by atoms with van der Waals surface area (Å²) in [6.45, 7) is 11.3. The molecule has 1 N–H and O–H groups in total. The van der Waals surface area contributed by atoms with Crippen LogP contribution in [0.25, 0.3) is 0 Å². The smallest absolute Gasteiger partial charge is 0.193 e. The van der Waals surface area contributed by atoms with Gasteiger partial charge in [-0.05, 0) is 44.4 Å². The SMILES string of the molecule is CCOCC1CCN(C(=NC)NCc2ccc(OCC)c(C)c2)C1. The van der Waals surface area contributed by atoms with E-state index in [2.05, 4.69) is 34.3 Å². The molecule has 5 nitrogen and oxygen atoms in total. The maximum Gasteiger partial charge on any atom is 0.193 e. The van der Waals surface area contributed by atoms with Crippen LogP contribution in [0.3, 0.4) is 0 Å². The third-order valence-electron chi connectivity index (χ3n) is 4.34. The van der Waals surface area contributed by atoms with Crippen LogP contribution in [0.2, 0.25) is 0 Å². The highest BCUT2D eigenvalue weighted by Crippen LogP contribution is 2.20. The quantitative estimate of drug-likeness (QED) is 0.616. The zero-order chi connectivity index (χ0) is 17.4. The molecule has 1 heterocycles. The summed E-state index contributed by atoms with van der Waals surface area (Å²) >= 11 is 0. The minimum absolute atomic E-state index is 0.608. The average molecular weight is 333 g/mol. The highest BCUT2D eigenvalue weighted by atomic mass is 16.5. The number of hydrogen-bond acceptors (Lipinski definition) is 3. The predicted molar refractivity (Wildman–Crippen MR) is 98.7 cm³/mol. The Morgan fingerprint density at radius 2 is 2.17 bits per heavy atom. The summed E-state index contributed by atoms with van der Waals surface area (Å²) in [6, 6.07) is 6.33. The zero-order valence-corrected chi connectivity index (χ0v) is 15.5. The summed E-state index contributed by atoms with van der Waals surface area (Å²) in [5.74, 6) is 2.54. The van der Waals surface area contributed by atoms with Crippen molar-refractivity contribution in [2.24, 2.45) is 10.9 Å². The Hall–Kier alpha value is -1.75. The molecule has 5 heteroatoms. The van der Waals surface area contributed by atoms with Crippen molar-refractivity contribution in [3.63, 3.8) is 0 Å². The predicted octanol–water partition coefficient (Wildman–Crippen LogP) is 2.83. The summed E-state index contributed by atoms with van der Waals surface area (Å²) in [5.41, 5.74) is 2.41. The van der Waals surface area contributed by atoms with E-state index in [1.54, 1.807) is 0 Å². The fraction of sp³-hybridized carbons (Fsp3) is 0.632. The maximum absolute atomic E-state index is 5.60. The van der Waals surface area contributed by atoms with Crippen LogP contribution in [-0.4, -0.2) is 50.8 Å². The third-order valence-corrected chi connectivity index (χ3v) is 4.34. The van der Waals surface area contributed by atoms with Crippen LogP contribution >= 0.6 is 0 Å². The first-order valence-corrected chi connectivity index (χ1v) is 8.93. The van der Waals surface area contributed by atoms with Crippen LogP contribution in [0, 0.1) is 12.8 Å². The lowest BCUT2D eigenvalue weighted by molar-refractivity contribution is 0.114. The normalized spacial score (nSPS) is 18.1. The lowest BCUT2D eigenvalue weighted by Gasteiger charge is -2.22. The van der Waals surface area contributed by atoms with Crippen LogP contribution in [0.5, 0.6) is 5.75 Å². The van der Waals surface area contributed by atoms with E-state index in [0.717, 1.165) is 44.6 Å². The Morgan fingerprint density at radius 3 is 2.83 bits per heavy atom. The summed E-state index contributed by atoms with van der Waals surface area (Å²) in [5, 5.41) is 3.48. The fourth-order valence-corrected chi connectivity index (χ4v) is 3.10. The van der Waals surface area contributed by atoms with Crippen LogP contribution < -0.4 is 10.1 Å². The molecule has 0 spiro atoms. The lowest BCUT2D eigenvalue weighted by atomic mass is 10.1. The fourth-order valence-electron chi connectivity index (χ4n) is 3.10. The Balaban J connectivity index is 1.87. The summed E-state index contributed by atoms with van der Waals surface area (Å²) in [4.78, 5) is 6.76. The van der Waals surface area contributed by atoms with E-state index in [0.29, 0.717) is 12.5 Å². The second kappa shape index (κ2) is 9.52. The first kappa shape index (κ1) is 18.6. The van der Waals surface area contributed by atoms with E-state index < -0.39 is 0 Å². The van der Waals surface area contributed by atoms with Gasteiger partial charge < -0.3 is 19.7 Å². The molecule has 0 saturated carbocycles. The van der Waals surface area contributed by atoms with E-state index in [1.165, 1.54) is 17.5 Å². The topological polar surface area (TPSA) is 46.1 Å². The number of benzene rings is 1. The number of aliphatic imine (C=N–C) groups is 1. The van der Waals surface area contributed by atoms with Gasteiger partial charge in [-0.3, -0.25) is 4.99 Å². The molecular formula is C19H31N3O2. The van der Waals surface area contributed by atoms with Crippen molar-refractivity contribution in [1.29, 1.82) is 0 Å². The highest BCUT2D eigenvalue weighted by Gasteiger charge is 2.24. The average Bonchev–Trinajstić information content (AvgIpc) is 3.05. The van der Waals surface area contributed by atoms with Gasteiger partial charge in [0.05, 0.1) is 13.2 Å². The number of nitrogens with one attached hydrogen (secondary N) is 1. The van der Waals surface area contributed by atoms with Crippen LogP contribution in [0.4, 0.5) is 0 Å². The van der Waals surface area contributed by atoms with E-state index in [-0.39, 0.29) is 0 Å². The number of aryl methyl sites for hydroxylation is 1. The molecule has 134 valence electrons. The Kier molecular flexibility index (Phi) is 7.37. The van der Waals surface area contributed by atoms with Gasteiger partial charge in [0.1, 0.15) is 5.75 Å². The van der Waals surface area contributed by atoms with Crippen molar-refractivity contribution < 1.29 is 9.47 Å². The van der Waals surface area contributed by atoms with E-state index >= 15 is 0 Å². The molecular weight excluding hydrogens is 302 g/mol. The molecule has 1 saturated heterocycles.